The fraction of sp³-hybridized carbons (Fsp3) is 0.0909. The minimum absolute atomic E-state index is 0.0274. The Bertz CT molecular complexity index is 1400. The molecule has 0 bridgehead atoms. The number of nitro groups is 1. The van der Waals surface area contributed by atoms with Gasteiger partial charge in [-0.15, -0.1) is 0 Å². The molecule has 11 nitrogen and oxygen atoms in total. The highest BCUT2D eigenvalue weighted by Gasteiger charge is 2.25. The highest BCUT2D eigenvalue weighted by atomic mass is 16.6. The molecule has 4 aromatic rings. The Morgan fingerprint density at radius 3 is 2.70 bits per heavy atom. The lowest BCUT2D eigenvalue weighted by Gasteiger charge is -2.12. The molecule has 2 aromatic carbocycles. The van der Waals surface area contributed by atoms with Crippen LogP contribution in [-0.4, -0.2) is 31.6 Å². The van der Waals surface area contributed by atoms with E-state index < -0.39 is 22.5 Å². The number of hydrazone groups is 1. The zero-order valence-corrected chi connectivity index (χ0v) is 17.0. The Balaban J connectivity index is 1.72. The number of benzene rings is 2. The first kappa shape index (κ1) is 21.6. The number of aromatic amines is 1. The molecule has 2 heterocycles. The number of rotatable bonds is 7. The van der Waals surface area contributed by atoms with Gasteiger partial charge in [0, 0.05) is 12.1 Å². The number of carbonyl (C=O) groups excluding carboxylic acids is 1. The molecule has 0 aliphatic rings. The van der Waals surface area contributed by atoms with Crippen molar-refractivity contribution >= 4 is 28.3 Å². The molecule has 1 atom stereocenters. The summed E-state index contributed by atoms with van der Waals surface area (Å²) in [5.74, 6) is -0.394. The number of aromatic nitrogens is 2. The van der Waals surface area contributed by atoms with E-state index in [1.807, 2.05) is 6.07 Å². The number of non-ortho nitro benzene ring substituents is 1. The molecule has 0 radical (unpaired) electrons. The summed E-state index contributed by atoms with van der Waals surface area (Å²) in [5.41, 5.74) is 1.94. The summed E-state index contributed by atoms with van der Waals surface area (Å²) in [4.78, 5) is 42.2. The Kier molecular flexibility index (Phi) is 6.04. The van der Waals surface area contributed by atoms with Crippen LogP contribution in [0.2, 0.25) is 0 Å². The minimum atomic E-state index is -1.51. The third-order valence-corrected chi connectivity index (χ3v) is 4.71. The molecule has 4 rings (SSSR count). The van der Waals surface area contributed by atoms with Crippen LogP contribution in [0.15, 0.2) is 81.2 Å². The Morgan fingerprint density at radius 1 is 1.21 bits per heavy atom. The van der Waals surface area contributed by atoms with Gasteiger partial charge in [0.05, 0.1) is 28.6 Å². The van der Waals surface area contributed by atoms with Gasteiger partial charge in [-0.05, 0) is 23.8 Å². The summed E-state index contributed by atoms with van der Waals surface area (Å²) in [6, 6.07) is 15.7. The molecule has 33 heavy (non-hydrogen) atoms. The van der Waals surface area contributed by atoms with Gasteiger partial charge in [0.15, 0.2) is 11.8 Å². The first-order valence-corrected chi connectivity index (χ1v) is 9.73. The topological polar surface area (TPSA) is 164 Å². The van der Waals surface area contributed by atoms with E-state index in [1.165, 1.54) is 30.5 Å². The van der Waals surface area contributed by atoms with Gasteiger partial charge in [0.1, 0.15) is 11.5 Å². The maximum Gasteiger partial charge on any atom is 0.276 e. The second-order valence-corrected chi connectivity index (χ2v) is 6.99. The van der Waals surface area contributed by atoms with Crippen LogP contribution in [0.5, 0.6) is 0 Å². The van der Waals surface area contributed by atoms with Gasteiger partial charge in [0.2, 0.25) is 5.91 Å². The molecule has 11 heteroatoms. The van der Waals surface area contributed by atoms with Crippen molar-refractivity contribution < 1.29 is 19.2 Å². The number of hydrogen-bond acceptors (Lipinski definition) is 8. The summed E-state index contributed by atoms with van der Waals surface area (Å²) in [6.45, 7) is 0. The molecule has 0 saturated heterocycles. The predicted octanol–water partition coefficient (Wildman–Crippen LogP) is 2.22. The second kappa shape index (κ2) is 9.24. The van der Waals surface area contributed by atoms with Gasteiger partial charge in [-0.1, -0.05) is 30.3 Å². The molecule has 166 valence electrons. The first-order valence-electron chi connectivity index (χ1n) is 9.73. The maximum atomic E-state index is 12.7. The number of nitro benzene ring substituents is 1. The van der Waals surface area contributed by atoms with Crippen molar-refractivity contribution in [2.75, 3.05) is 0 Å². The largest absolute Gasteiger partial charge is 0.466 e. The number of aliphatic hydroxyl groups is 1. The molecule has 2 aromatic heterocycles. The molecule has 0 saturated carbocycles. The van der Waals surface area contributed by atoms with Crippen molar-refractivity contribution in [3.63, 3.8) is 0 Å². The normalized spacial score (nSPS) is 12.5. The van der Waals surface area contributed by atoms with Crippen LogP contribution in [0, 0.1) is 10.1 Å². The molecule has 0 aliphatic carbocycles. The Hall–Kier alpha value is -4.64. The maximum absolute atomic E-state index is 12.7. The predicted molar refractivity (Wildman–Crippen MR) is 118 cm³/mol. The number of hydrogen-bond donors (Lipinski definition) is 3. The zero-order chi connectivity index (χ0) is 23.4. The first-order chi connectivity index (χ1) is 15.9. The van der Waals surface area contributed by atoms with E-state index >= 15 is 0 Å². The van der Waals surface area contributed by atoms with E-state index in [-0.39, 0.29) is 40.3 Å². The van der Waals surface area contributed by atoms with Crippen molar-refractivity contribution in [1.82, 2.24) is 15.4 Å². The number of carbonyl (C=O) groups is 1. The number of H-pyrrole nitrogens is 1. The fourth-order valence-corrected chi connectivity index (χ4v) is 3.13. The number of nitrogens with one attached hydrogen (secondary N) is 2. The van der Waals surface area contributed by atoms with Gasteiger partial charge in [0.25, 0.3) is 11.2 Å². The summed E-state index contributed by atoms with van der Waals surface area (Å²) in [5, 5.41) is 25.8. The van der Waals surface area contributed by atoms with Crippen LogP contribution in [0.4, 0.5) is 5.69 Å². The minimum Gasteiger partial charge on any atom is -0.466 e. The number of furan rings is 1. The van der Waals surface area contributed by atoms with Crippen molar-refractivity contribution in [2.45, 2.75) is 12.5 Å². The highest BCUT2D eigenvalue weighted by molar-refractivity contribution is 6.03. The summed E-state index contributed by atoms with van der Waals surface area (Å²) >= 11 is 0. The Morgan fingerprint density at radius 2 is 2.00 bits per heavy atom. The molecular weight excluding hydrogens is 430 g/mol. The van der Waals surface area contributed by atoms with Gasteiger partial charge in [-0.25, -0.2) is 10.4 Å². The van der Waals surface area contributed by atoms with Crippen molar-refractivity contribution in [3.05, 3.63) is 104 Å². The SMILES string of the molecule is O=C(Cc1ccccc1)N/N=C(/c1nc2ccc([N+](=O)[O-])cc2[nH]c1=O)[C@H](O)c1ccco1. The zero-order valence-electron chi connectivity index (χ0n) is 17.0. The van der Waals surface area contributed by atoms with Crippen LogP contribution in [0.3, 0.4) is 0 Å². The number of fused-ring (bicyclic) bond motifs is 1. The lowest BCUT2D eigenvalue weighted by atomic mass is 10.1. The molecule has 0 unspecified atom stereocenters. The lowest BCUT2D eigenvalue weighted by molar-refractivity contribution is -0.384. The van der Waals surface area contributed by atoms with Gasteiger partial charge in [-0.3, -0.25) is 19.7 Å². The summed E-state index contributed by atoms with van der Waals surface area (Å²) in [6.07, 6.45) is -0.151. The number of amides is 1. The van der Waals surface area contributed by atoms with E-state index in [0.717, 1.165) is 5.56 Å². The third-order valence-electron chi connectivity index (χ3n) is 4.71. The summed E-state index contributed by atoms with van der Waals surface area (Å²) < 4.78 is 5.21. The highest BCUT2D eigenvalue weighted by Crippen LogP contribution is 2.20. The molecule has 3 N–H and O–H groups in total. The van der Waals surface area contributed by atoms with Crippen LogP contribution < -0.4 is 11.0 Å². The fourth-order valence-electron chi connectivity index (χ4n) is 3.13. The van der Waals surface area contributed by atoms with Gasteiger partial charge >= 0.3 is 0 Å². The average molecular weight is 447 g/mol. The van der Waals surface area contributed by atoms with Crippen LogP contribution in [-0.2, 0) is 11.2 Å². The third kappa shape index (κ3) is 4.83. The monoisotopic (exact) mass is 447 g/mol. The Labute approximate surface area is 185 Å². The van der Waals surface area contributed by atoms with E-state index in [1.54, 1.807) is 30.3 Å². The van der Waals surface area contributed by atoms with E-state index in [0.29, 0.717) is 0 Å². The van der Waals surface area contributed by atoms with E-state index in [4.69, 9.17) is 4.42 Å². The van der Waals surface area contributed by atoms with Crippen LogP contribution in [0.1, 0.15) is 23.1 Å². The molecule has 1 amide bonds. The molecular formula is C22H17N5O6. The number of aliphatic hydroxyl groups excluding tert-OH is 1. The van der Waals surface area contributed by atoms with Crippen LogP contribution >= 0.6 is 0 Å². The lowest BCUT2D eigenvalue weighted by Crippen LogP contribution is -2.29. The van der Waals surface area contributed by atoms with Crippen LogP contribution in [0.25, 0.3) is 11.0 Å². The molecule has 0 spiro atoms. The summed E-state index contributed by atoms with van der Waals surface area (Å²) in [7, 11) is 0. The quantitative estimate of drug-likeness (QED) is 0.222. The second-order valence-electron chi connectivity index (χ2n) is 6.99. The smallest absolute Gasteiger partial charge is 0.276 e. The standard InChI is InChI=1S/C22H17N5O6/c28-18(11-13-5-2-1-3-6-13)25-26-19(21(29)17-7-4-10-33-17)20-22(30)24-16-12-14(27(31)32)8-9-15(16)23-20/h1-10,12,21,29H,11H2,(H,24,30)(H,25,28)/b26-19-/t21-/m1/s1. The molecule has 0 fully saturated rings. The van der Waals surface area contributed by atoms with E-state index in [9.17, 15) is 24.8 Å². The van der Waals surface area contributed by atoms with Gasteiger partial charge in [-0.2, -0.15) is 5.10 Å². The van der Waals surface area contributed by atoms with Gasteiger partial charge < -0.3 is 14.5 Å². The molecule has 0 aliphatic heterocycles. The average Bonchev–Trinajstić information content (AvgIpc) is 3.34. The van der Waals surface area contributed by atoms with Crippen molar-refractivity contribution in [1.29, 1.82) is 0 Å². The van der Waals surface area contributed by atoms with Crippen molar-refractivity contribution in [3.8, 4) is 0 Å². The van der Waals surface area contributed by atoms with Crippen molar-refractivity contribution in [2.24, 2.45) is 5.10 Å². The van der Waals surface area contributed by atoms with E-state index in [2.05, 4.69) is 20.5 Å². The number of nitrogens with zero attached hydrogens (tertiary/aromatic N) is 3.